The third kappa shape index (κ3) is 4.78. The first-order chi connectivity index (χ1) is 16.9. The summed E-state index contributed by atoms with van der Waals surface area (Å²) in [6.07, 6.45) is 1.66. The minimum Gasteiger partial charge on any atom is -0.753 e. The standard InChI is InChI=1S/C26H30N6O3/c1-26(2)31(33)23-11-10-20(17-24(23)32(26)34)19-29-12-14-30(15-13-29)25(27-18-22-9-6-16-35-22)28-21-7-4-3-5-8-21/h3-11,16-17H,12-15,18-19H2,1-2H3,(H,27,28). The Labute approximate surface area is 204 Å². The van der Waals surface area contributed by atoms with E-state index < -0.39 is 5.66 Å². The Balaban J connectivity index is 1.24. The number of aliphatic imine (C=N–C) groups is 1. The van der Waals surface area contributed by atoms with Crippen LogP contribution in [0.2, 0.25) is 0 Å². The number of hydroxylamine groups is 1. The normalized spacial score (nSPS) is 18.1. The molecule has 182 valence electrons. The van der Waals surface area contributed by atoms with Gasteiger partial charge in [-0.2, -0.15) is 0 Å². The number of hydrogen-bond donors (Lipinski definition) is 1. The van der Waals surface area contributed by atoms with Gasteiger partial charge in [0.25, 0.3) is 11.4 Å². The van der Waals surface area contributed by atoms with Crippen molar-refractivity contribution < 1.29 is 9.18 Å². The number of fused-ring (bicyclic) bond motifs is 1. The van der Waals surface area contributed by atoms with Crippen molar-refractivity contribution in [1.82, 2.24) is 9.80 Å². The molecule has 5 rings (SSSR count). The number of nitrogens with zero attached hydrogens (tertiary/aromatic N) is 5. The average molecular weight is 475 g/mol. The molecule has 0 aliphatic carbocycles. The van der Waals surface area contributed by atoms with Crippen molar-refractivity contribution in [3.63, 3.8) is 0 Å². The zero-order chi connectivity index (χ0) is 24.4. The molecule has 1 N–H and O–H groups in total. The average Bonchev–Trinajstić information content (AvgIpc) is 3.45. The van der Waals surface area contributed by atoms with Crippen LogP contribution in [0.15, 0.2) is 76.3 Å². The van der Waals surface area contributed by atoms with Crippen LogP contribution in [0.4, 0.5) is 17.1 Å². The number of para-hydroxylation sites is 1. The molecule has 3 aromatic rings. The van der Waals surface area contributed by atoms with E-state index in [1.54, 1.807) is 26.2 Å². The van der Waals surface area contributed by atoms with E-state index in [0.29, 0.717) is 17.9 Å². The highest BCUT2D eigenvalue weighted by Gasteiger charge is 2.48. The highest BCUT2D eigenvalue weighted by molar-refractivity contribution is 5.93. The summed E-state index contributed by atoms with van der Waals surface area (Å²) >= 11 is 0. The van der Waals surface area contributed by atoms with Crippen LogP contribution in [0.3, 0.4) is 0 Å². The Hall–Kier alpha value is -3.69. The van der Waals surface area contributed by atoms with Gasteiger partial charge in [-0.05, 0) is 35.9 Å². The van der Waals surface area contributed by atoms with Gasteiger partial charge in [-0.25, -0.2) is 4.99 Å². The van der Waals surface area contributed by atoms with Crippen LogP contribution in [0, 0.1) is 10.1 Å². The third-order valence-corrected chi connectivity index (χ3v) is 6.54. The summed E-state index contributed by atoms with van der Waals surface area (Å²) in [4.78, 5) is 21.8. The summed E-state index contributed by atoms with van der Waals surface area (Å²) in [6.45, 7) is 7.81. The van der Waals surface area contributed by atoms with Crippen LogP contribution in [-0.4, -0.2) is 52.4 Å². The van der Waals surface area contributed by atoms with Crippen LogP contribution < -0.4 is 10.4 Å². The van der Waals surface area contributed by atoms with E-state index in [2.05, 4.69) is 15.1 Å². The van der Waals surface area contributed by atoms with Crippen molar-refractivity contribution in [3.8, 4) is 0 Å². The Morgan fingerprint density at radius 3 is 2.57 bits per heavy atom. The minimum atomic E-state index is -1.12. The number of benzene rings is 2. The van der Waals surface area contributed by atoms with Crippen LogP contribution >= 0.6 is 0 Å². The summed E-state index contributed by atoms with van der Waals surface area (Å²) in [5, 5.41) is 16.9. The zero-order valence-corrected chi connectivity index (χ0v) is 20.1. The maximum atomic E-state index is 12.6. The molecule has 2 aromatic carbocycles. The van der Waals surface area contributed by atoms with Crippen molar-refractivity contribution in [3.05, 3.63) is 88.4 Å². The molecule has 0 saturated carbocycles. The lowest BCUT2D eigenvalue weighted by atomic mass is 10.1. The molecule has 0 unspecified atom stereocenters. The number of hydrogen-bond acceptors (Lipinski definition) is 6. The maximum absolute atomic E-state index is 12.6. The highest BCUT2D eigenvalue weighted by Crippen LogP contribution is 2.43. The molecular formula is C26H30N6O3. The second-order valence-electron chi connectivity index (χ2n) is 9.38. The fraction of sp³-hybridized carbons (Fsp3) is 0.346. The van der Waals surface area contributed by atoms with Gasteiger partial charge < -0.3 is 24.9 Å². The summed E-state index contributed by atoms with van der Waals surface area (Å²) in [5.41, 5.74) is 1.77. The van der Waals surface area contributed by atoms with E-state index in [1.807, 2.05) is 54.6 Å². The number of anilines is 2. The first kappa shape index (κ1) is 23.1. The fourth-order valence-electron chi connectivity index (χ4n) is 4.47. The third-order valence-electron chi connectivity index (χ3n) is 6.54. The lowest BCUT2D eigenvalue weighted by molar-refractivity contribution is -0.532. The van der Waals surface area contributed by atoms with Gasteiger partial charge in [0.05, 0.1) is 11.0 Å². The van der Waals surface area contributed by atoms with Gasteiger partial charge in [0, 0.05) is 63.2 Å². The number of nitrogens with one attached hydrogen (secondary N) is 1. The van der Waals surface area contributed by atoms with Gasteiger partial charge in [0.2, 0.25) is 0 Å². The molecule has 0 atom stereocenters. The van der Waals surface area contributed by atoms with Crippen molar-refractivity contribution in [2.24, 2.45) is 4.99 Å². The van der Waals surface area contributed by atoms with Crippen LogP contribution in [0.5, 0.6) is 0 Å². The topological polar surface area (TPSA) is 90.4 Å². The lowest BCUT2D eigenvalue weighted by Crippen LogP contribution is -2.50. The predicted octanol–water partition coefficient (Wildman–Crippen LogP) is 4.53. The molecule has 1 aromatic heterocycles. The van der Waals surface area contributed by atoms with E-state index in [4.69, 9.17) is 9.41 Å². The Morgan fingerprint density at radius 1 is 1.09 bits per heavy atom. The van der Waals surface area contributed by atoms with Crippen LogP contribution in [0.25, 0.3) is 0 Å². The van der Waals surface area contributed by atoms with Gasteiger partial charge in [-0.15, -0.1) is 0 Å². The number of guanidine groups is 1. The van der Waals surface area contributed by atoms with E-state index >= 15 is 0 Å². The molecule has 0 bridgehead atoms. The zero-order valence-electron chi connectivity index (χ0n) is 20.1. The van der Waals surface area contributed by atoms with Crippen molar-refractivity contribution in [1.29, 1.82) is 0 Å². The predicted molar refractivity (Wildman–Crippen MR) is 136 cm³/mol. The minimum absolute atomic E-state index is 0.433. The second-order valence-corrected chi connectivity index (χ2v) is 9.38. The van der Waals surface area contributed by atoms with E-state index in [0.717, 1.165) is 65.5 Å². The molecule has 2 aliphatic rings. The Morgan fingerprint density at radius 2 is 1.86 bits per heavy atom. The quantitative estimate of drug-likeness (QED) is 0.330. The first-order valence-electron chi connectivity index (χ1n) is 11.9. The number of piperazine rings is 1. The van der Waals surface area contributed by atoms with Crippen molar-refractivity contribution in [2.45, 2.75) is 32.6 Å². The molecule has 1 fully saturated rings. The second kappa shape index (κ2) is 9.52. The lowest BCUT2D eigenvalue weighted by Gasteiger charge is -2.36. The molecule has 9 nitrogen and oxygen atoms in total. The number of rotatable bonds is 5. The Kier molecular flexibility index (Phi) is 6.27. The molecule has 3 heterocycles. The van der Waals surface area contributed by atoms with Crippen molar-refractivity contribution >= 4 is 23.0 Å². The van der Waals surface area contributed by atoms with Gasteiger partial charge in [-0.3, -0.25) is 4.90 Å². The van der Waals surface area contributed by atoms with Crippen molar-refractivity contribution in [2.75, 3.05) is 36.6 Å². The van der Waals surface area contributed by atoms with Gasteiger partial charge in [0.1, 0.15) is 18.0 Å². The van der Waals surface area contributed by atoms with Gasteiger partial charge >= 0.3 is 0 Å². The molecule has 1 saturated heterocycles. The number of nitroso groups, excluding NO2 is 1. The van der Waals surface area contributed by atoms with Crippen LogP contribution in [0.1, 0.15) is 25.2 Å². The smallest absolute Gasteiger partial charge is 0.281 e. The van der Waals surface area contributed by atoms with E-state index in [1.165, 1.54) is 0 Å². The largest absolute Gasteiger partial charge is 0.753 e. The highest BCUT2D eigenvalue weighted by atomic mass is 16.5. The fourth-order valence-corrected chi connectivity index (χ4v) is 4.47. The molecule has 35 heavy (non-hydrogen) atoms. The summed E-state index contributed by atoms with van der Waals surface area (Å²) in [7, 11) is 0. The summed E-state index contributed by atoms with van der Waals surface area (Å²) in [5.74, 6) is 1.64. The summed E-state index contributed by atoms with van der Waals surface area (Å²) in [6, 6.07) is 19.4. The summed E-state index contributed by atoms with van der Waals surface area (Å²) < 4.78 is 6.25. The SMILES string of the molecule is CC1(C)N([O-])c2cc(CN3CCN(C(=NCc4ccco4)Nc4ccccc4)CC3)ccc2[N+]1=O. The van der Waals surface area contributed by atoms with Crippen LogP contribution in [-0.2, 0) is 13.1 Å². The van der Waals surface area contributed by atoms with Gasteiger partial charge in [0.15, 0.2) is 5.96 Å². The molecule has 9 heteroatoms. The molecule has 0 spiro atoms. The van der Waals surface area contributed by atoms with E-state index in [9.17, 15) is 10.1 Å². The monoisotopic (exact) mass is 474 g/mol. The first-order valence-corrected chi connectivity index (χ1v) is 11.9. The Bertz CT molecular complexity index is 1200. The number of furan rings is 1. The molecular weight excluding hydrogens is 444 g/mol. The van der Waals surface area contributed by atoms with Gasteiger partial charge in [-0.1, -0.05) is 24.3 Å². The maximum Gasteiger partial charge on any atom is 0.281 e. The molecule has 2 aliphatic heterocycles. The molecule has 0 radical (unpaired) electrons. The molecule has 0 amide bonds. The van der Waals surface area contributed by atoms with E-state index in [-0.39, 0.29) is 0 Å².